The maximum atomic E-state index is 15.0. The van der Waals surface area contributed by atoms with Crippen LogP contribution in [0.4, 0.5) is 20.2 Å². The van der Waals surface area contributed by atoms with Crippen molar-refractivity contribution in [2.75, 3.05) is 36.1 Å². The Balaban J connectivity index is 1.94. The third kappa shape index (κ3) is 5.36. The van der Waals surface area contributed by atoms with E-state index in [1.54, 1.807) is 31.2 Å². The highest BCUT2D eigenvalue weighted by Crippen LogP contribution is 2.44. The second kappa shape index (κ2) is 12.2. The topological polar surface area (TPSA) is 79.3 Å². The van der Waals surface area contributed by atoms with Gasteiger partial charge in [0.2, 0.25) is 0 Å². The number of aliphatic hydroxyl groups excluding tert-OH is 1. The van der Waals surface area contributed by atoms with Crippen molar-refractivity contribution in [2.24, 2.45) is 0 Å². The molecule has 40 heavy (non-hydrogen) atoms. The van der Waals surface area contributed by atoms with Crippen molar-refractivity contribution in [3.63, 3.8) is 0 Å². The van der Waals surface area contributed by atoms with Crippen LogP contribution in [0, 0.1) is 11.6 Å². The Hall–Kier alpha value is -4.40. The Kier molecular flexibility index (Phi) is 8.72. The fourth-order valence-electron chi connectivity index (χ4n) is 4.90. The highest BCUT2D eigenvalue weighted by molar-refractivity contribution is 6.51. The summed E-state index contributed by atoms with van der Waals surface area (Å²) in [6, 6.07) is 13.5. The standard InChI is InChI=1S/C31H32F2N2O5/c1-5-34(6-2)21-12-9-19(10-13-21)28-27(29(36)23-15-14-22(39-7-3)18-26(23)40-8-4)30(37)31(38)35(28)25-16-11-20(32)17-24(25)33/h9-18,28,36H,5-8H2,1-4H3/b29-27-. The third-order valence-corrected chi connectivity index (χ3v) is 6.77. The second-order valence-corrected chi connectivity index (χ2v) is 9.05. The van der Waals surface area contributed by atoms with E-state index in [4.69, 9.17) is 9.47 Å². The van der Waals surface area contributed by atoms with Crippen LogP contribution < -0.4 is 19.3 Å². The van der Waals surface area contributed by atoms with Crippen LogP contribution >= 0.6 is 0 Å². The number of aliphatic hydroxyl groups is 1. The van der Waals surface area contributed by atoms with E-state index >= 15 is 4.39 Å². The van der Waals surface area contributed by atoms with Crippen molar-refractivity contribution in [1.29, 1.82) is 0 Å². The molecule has 1 fully saturated rings. The Morgan fingerprint density at radius 2 is 1.57 bits per heavy atom. The van der Waals surface area contributed by atoms with Crippen LogP contribution in [0.2, 0.25) is 0 Å². The van der Waals surface area contributed by atoms with Gasteiger partial charge in [-0.1, -0.05) is 12.1 Å². The molecular formula is C31H32F2N2O5. The predicted molar refractivity (Wildman–Crippen MR) is 150 cm³/mol. The average Bonchev–Trinajstić information content (AvgIpc) is 3.20. The van der Waals surface area contributed by atoms with Gasteiger partial charge in [-0.2, -0.15) is 0 Å². The highest BCUT2D eigenvalue weighted by atomic mass is 19.1. The number of ether oxygens (including phenoxy) is 2. The Morgan fingerprint density at radius 3 is 2.17 bits per heavy atom. The highest BCUT2D eigenvalue weighted by Gasteiger charge is 2.48. The van der Waals surface area contributed by atoms with Gasteiger partial charge in [-0.3, -0.25) is 14.5 Å². The molecule has 0 bridgehead atoms. The number of amides is 1. The van der Waals surface area contributed by atoms with Crippen molar-refractivity contribution in [2.45, 2.75) is 33.7 Å². The van der Waals surface area contributed by atoms with Crippen LogP contribution in [0.1, 0.15) is 44.9 Å². The molecule has 1 unspecified atom stereocenters. The number of rotatable bonds is 10. The number of carbonyl (C=O) groups excluding carboxylic acids is 2. The van der Waals surface area contributed by atoms with Crippen LogP contribution in [0.5, 0.6) is 11.5 Å². The molecule has 0 aromatic heterocycles. The van der Waals surface area contributed by atoms with Gasteiger partial charge in [-0.25, -0.2) is 8.78 Å². The SMILES string of the molecule is CCOc1ccc(/C(O)=C2/C(=O)C(=O)N(c3ccc(F)cc3F)C2c2ccc(N(CC)CC)cc2)c(OCC)c1. The van der Waals surface area contributed by atoms with Crippen LogP contribution in [0.15, 0.2) is 66.2 Å². The summed E-state index contributed by atoms with van der Waals surface area (Å²) in [6.45, 7) is 9.86. The number of hydrogen-bond acceptors (Lipinski definition) is 6. The average molecular weight is 551 g/mol. The molecule has 1 aliphatic rings. The minimum atomic E-state index is -1.19. The van der Waals surface area contributed by atoms with Gasteiger partial charge in [0.25, 0.3) is 11.7 Å². The zero-order valence-electron chi connectivity index (χ0n) is 22.9. The Morgan fingerprint density at radius 1 is 0.900 bits per heavy atom. The largest absolute Gasteiger partial charge is 0.507 e. The predicted octanol–water partition coefficient (Wildman–Crippen LogP) is 6.23. The molecule has 3 aromatic rings. The molecule has 1 N–H and O–H groups in total. The van der Waals surface area contributed by atoms with Gasteiger partial charge in [0, 0.05) is 30.9 Å². The van der Waals surface area contributed by atoms with Gasteiger partial charge in [0.1, 0.15) is 28.9 Å². The molecule has 1 aliphatic heterocycles. The Bertz CT molecular complexity index is 1430. The molecule has 210 valence electrons. The lowest BCUT2D eigenvalue weighted by atomic mass is 9.94. The van der Waals surface area contributed by atoms with Gasteiger partial charge in [-0.05, 0) is 69.7 Å². The van der Waals surface area contributed by atoms with Gasteiger partial charge in [0.05, 0.1) is 36.1 Å². The fourth-order valence-corrected chi connectivity index (χ4v) is 4.90. The summed E-state index contributed by atoms with van der Waals surface area (Å²) < 4.78 is 40.1. The molecule has 7 nitrogen and oxygen atoms in total. The summed E-state index contributed by atoms with van der Waals surface area (Å²) >= 11 is 0. The molecule has 9 heteroatoms. The zero-order valence-corrected chi connectivity index (χ0v) is 22.9. The number of carbonyl (C=O) groups is 2. The van der Waals surface area contributed by atoms with E-state index < -0.39 is 35.1 Å². The number of ketones is 1. The molecule has 3 aromatic carbocycles. The van der Waals surface area contributed by atoms with E-state index in [1.165, 1.54) is 6.07 Å². The normalized spacial score (nSPS) is 16.4. The molecule has 1 amide bonds. The molecule has 1 atom stereocenters. The molecule has 1 saturated heterocycles. The molecule has 0 saturated carbocycles. The lowest BCUT2D eigenvalue weighted by molar-refractivity contribution is -0.132. The lowest BCUT2D eigenvalue weighted by Gasteiger charge is -2.27. The van der Waals surface area contributed by atoms with Crippen molar-refractivity contribution >= 4 is 28.8 Å². The van der Waals surface area contributed by atoms with Gasteiger partial charge in [-0.15, -0.1) is 0 Å². The van der Waals surface area contributed by atoms with Gasteiger partial charge >= 0.3 is 0 Å². The molecule has 4 rings (SSSR count). The summed E-state index contributed by atoms with van der Waals surface area (Å²) in [5.41, 5.74) is 1.03. The van der Waals surface area contributed by atoms with Crippen LogP contribution in [0.25, 0.3) is 5.76 Å². The Labute approximate surface area is 232 Å². The number of benzene rings is 3. The minimum Gasteiger partial charge on any atom is -0.507 e. The van der Waals surface area contributed by atoms with Gasteiger partial charge in [0.15, 0.2) is 0 Å². The van der Waals surface area contributed by atoms with Crippen molar-refractivity contribution in [3.8, 4) is 11.5 Å². The quantitative estimate of drug-likeness (QED) is 0.183. The molecule has 0 spiro atoms. The lowest BCUT2D eigenvalue weighted by Crippen LogP contribution is -2.30. The summed E-state index contributed by atoms with van der Waals surface area (Å²) in [5, 5.41) is 11.6. The monoisotopic (exact) mass is 550 g/mol. The number of halogens is 2. The van der Waals surface area contributed by atoms with Crippen molar-refractivity contribution in [3.05, 3.63) is 89.0 Å². The summed E-state index contributed by atoms with van der Waals surface area (Å²) in [6.07, 6.45) is 0. The number of Topliss-reactive ketones (excluding diaryl/α,β-unsaturated/α-hetero) is 1. The van der Waals surface area contributed by atoms with Crippen LogP contribution in [-0.2, 0) is 9.59 Å². The smallest absolute Gasteiger partial charge is 0.300 e. The van der Waals surface area contributed by atoms with E-state index in [9.17, 15) is 19.1 Å². The van der Waals surface area contributed by atoms with Crippen LogP contribution in [0.3, 0.4) is 0 Å². The van der Waals surface area contributed by atoms with E-state index in [0.29, 0.717) is 24.0 Å². The van der Waals surface area contributed by atoms with Crippen molar-refractivity contribution in [1.82, 2.24) is 0 Å². The van der Waals surface area contributed by atoms with Crippen LogP contribution in [-0.4, -0.2) is 43.1 Å². The number of hydrogen-bond donors (Lipinski definition) is 1. The van der Waals surface area contributed by atoms with E-state index in [1.807, 2.05) is 32.9 Å². The summed E-state index contributed by atoms with van der Waals surface area (Å²) in [4.78, 5) is 30.0. The first-order valence-electron chi connectivity index (χ1n) is 13.3. The summed E-state index contributed by atoms with van der Waals surface area (Å²) in [7, 11) is 0. The van der Waals surface area contributed by atoms with E-state index in [-0.39, 0.29) is 29.2 Å². The first-order chi connectivity index (χ1) is 19.2. The fraction of sp³-hybridized carbons (Fsp3) is 0.290. The number of anilines is 2. The third-order valence-electron chi connectivity index (χ3n) is 6.77. The van der Waals surface area contributed by atoms with Gasteiger partial charge < -0.3 is 19.5 Å². The molecule has 0 radical (unpaired) electrons. The maximum absolute atomic E-state index is 15.0. The maximum Gasteiger partial charge on any atom is 0.300 e. The minimum absolute atomic E-state index is 0.174. The summed E-state index contributed by atoms with van der Waals surface area (Å²) in [5.74, 6) is -3.62. The second-order valence-electron chi connectivity index (χ2n) is 9.05. The van der Waals surface area contributed by atoms with Crippen molar-refractivity contribution < 1.29 is 33.0 Å². The van der Waals surface area contributed by atoms with E-state index in [2.05, 4.69) is 4.90 Å². The first kappa shape index (κ1) is 28.6. The molecule has 0 aliphatic carbocycles. The molecular weight excluding hydrogens is 518 g/mol. The number of nitrogens with zero attached hydrogens (tertiary/aromatic N) is 2. The van der Waals surface area contributed by atoms with E-state index in [0.717, 1.165) is 35.8 Å². The first-order valence-corrected chi connectivity index (χ1v) is 13.3. The molecule has 1 heterocycles. The zero-order chi connectivity index (χ0) is 29.0.